The highest BCUT2D eigenvalue weighted by atomic mass is 16.5. The molecule has 0 saturated heterocycles. The molecule has 0 aromatic heterocycles. The van der Waals surface area contributed by atoms with Gasteiger partial charge in [0.25, 0.3) is 0 Å². The van der Waals surface area contributed by atoms with E-state index in [1.807, 2.05) is 6.92 Å². The zero-order valence-corrected chi connectivity index (χ0v) is 21.4. The standard InChI is InChI=1S/C27H50O4/c1-7-10-12-14-16-18-20-30-25(28)23(9-3)24(22-27(4,5)6)26(29)31-21-19-17-15-13-11-8-2/h7-22H2,1-6H3/b24-23-. The van der Waals surface area contributed by atoms with E-state index in [1.165, 1.54) is 51.4 Å². The molecule has 0 aromatic rings. The summed E-state index contributed by atoms with van der Waals surface area (Å²) in [6.45, 7) is 13.4. The van der Waals surface area contributed by atoms with E-state index >= 15 is 0 Å². The monoisotopic (exact) mass is 438 g/mol. The Morgan fingerprint density at radius 1 is 0.581 bits per heavy atom. The van der Waals surface area contributed by atoms with Gasteiger partial charge in [0, 0.05) is 11.1 Å². The van der Waals surface area contributed by atoms with Crippen LogP contribution in [0.25, 0.3) is 0 Å². The first kappa shape index (κ1) is 29.7. The van der Waals surface area contributed by atoms with E-state index in [-0.39, 0.29) is 17.4 Å². The Morgan fingerprint density at radius 3 is 1.35 bits per heavy atom. The van der Waals surface area contributed by atoms with E-state index in [2.05, 4.69) is 34.6 Å². The molecular formula is C27H50O4. The molecule has 0 bridgehead atoms. The lowest BCUT2D eigenvalue weighted by Crippen LogP contribution is -2.21. The second-order valence-corrected chi connectivity index (χ2v) is 9.86. The van der Waals surface area contributed by atoms with E-state index in [9.17, 15) is 9.59 Å². The molecule has 0 unspecified atom stereocenters. The Morgan fingerprint density at radius 2 is 0.968 bits per heavy atom. The van der Waals surface area contributed by atoms with Gasteiger partial charge in [-0.1, -0.05) is 106 Å². The van der Waals surface area contributed by atoms with E-state index in [4.69, 9.17) is 9.47 Å². The third-order valence-electron chi connectivity index (χ3n) is 5.38. The first-order valence-corrected chi connectivity index (χ1v) is 12.8. The van der Waals surface area contributed by atoms with Crippen molar-refractivity contribution >= 4 is 11.9 Å². The van der Waals surface area contributed by atoms with Crippen LogP contribution in [-0.2, 0) is 19.1 Å². The Hall–Kier alpha value is -1.32. The smallest absolute Gasteiger partial charge is 0.334 e. The summed E-state index contributed by atoms with van der Waals surface area (Å²) >= 11 is 0. The molecule has 0 rings (SSSR count). The lowest BCUT2D eigenvalue weighted by molar-refractivity contribution is -0.143. The topological polar surface area (TPSA) is 52.6 Å². The predicted octanol–water partition coefficient (Wildman–Crippen LogP) is 7.94. The van der Waals surface area contributed by atoms with Crippen molar-refractivity contribution in [2.45, 2.75) is 131 Å². The minimum atomic E-state index is -0.355. The summed E-state index contributed by atoms with van der Waals surface area (Å²) in [6.07, 6.45) is 14.7. The highest BCUT2D eigenvalue weighted by molar-refractivity contribution is 6.00. The molecule has 182 valence electrons. The highest BCUT2D eigenvalue weighted by Crippen LogP contribution is 2.28. The van der Waals surface area contributed by atoms with Crippen molar-refractivity contribution in [1.29, 1.82) is 0 Å². The fourth-order valence-corrected chi connectivity index (χ4v) is 3.58. The molecule has 0 N–H and O–H groups in total. The van der Waals surface area contributed by atoms with Crippen LogP contribution in [0.15, 0.2) is 11.1 Å². The Labute approximate surface area is 192 Å². The second-order valence-electron chi connectivity index (χ2n) is 9.86. The van der Waals surface area contributed by atoms with Gasteiger partial charge in [-0.2, -0.15) is 0 Å². The Kier molecular flexibility index (Phi) is 17.5. The van der Waals surface area contributed by atoms with Gasteiger partial charge in [0.2, 0.25) is 0 Å². The lowest BCUT2D eigenvalue weighted by atomic mass is 9.85. The third-order valence-corrected chi connectivity index (χ3v) is 5.38. The van der Waals surface area contributed by atoms with Crippen LogP contribution in [0.4, 0.5) is 0 Å². The molecule has 0 aliphatic heterocycles. The van der Waals surface area contributed by atoms with Crippen LogP contribution in [0.5, 0.6) is 0 Å². The molecule has 0 amide bonds. The zero-order chi connectivity index (χ0) is 23.5. The van der Waals surface area contributed by atoms with Crippen LogP contribution >= 0.6 is 0 Å². The van der Waals surface area contributed by atoms with Gasteiger partial charge in [0.15, 0.2) is 0 Å². The van der Waals surface area contributed by atoms with Gasteiger partial charge in [-0.25, -0.2) is 9.59 Å². The maximum absolute atomic E-state index is 12.8. The van der Waals surface area contributed by atoms with Gasteiger partial charge < -0.3 is 9.47 Å². The SMILES string of the molecule is CCCCCCCCOC(=O)/C(CC)=C(/CC(C)(C)C)C(=O)OCCCCCCCC. The molecule has 31 heavy (non-hydrogen) atoms. The molecule has 0 atom stereocenters. The maximum Gasteiger partial charge on any atom is 0.334 e. The summed E-state index contributed by atoms with van der Waals surface area (Å²) in [4.78, 5) is 25.6. The van der Waals surface area contributed by atoms with Crippen LogP contribution in [0.1, 0.15) is 131 Å². The molecular weight excluding hydrogens is 388 g/mol. The summed E-state index contributed by atoms with van der Waals surface area (Å²) in [7, 11) is 0. The molecule has 0 fully saturated rings. The predicted molar refractivity (Wildman–Crippen MR) is 130 cm³/mol. The van der Waals surface area contributed by atoms with Crippen molar-refractivity contribution in [1.82, 2.24) is 0 Å². The maximum atomic E-state index is 12.8. The summed E-state index contributed by atoms with van der Waals surface area (Å²) in [5.74, 6) is -0.705. The summed E-state index contributed by atoms with van der Waals surface area (Å²) < 4.78 is 11.1. The van der Waals surface area contributed by atoms with E-state index in [0.717, 1.165) is 25.7 Å². The van der Waals surface area contributed by atoms with Crippen molar-refractivity contribution in [3.8, 4) is 0 Å². The quantitative estimate of drug-likeness (QED) is 0.124. The van der Waals surface area contributed by atoms with E-state index in [0.29, 0.717) is 37.2 Å². The molecule has 0 aromatic carbocycles. The largest absolute Gasteiger partial charge is 0.462 e. The number of unbranched alkanes of at least 4 members (excludes halogenated alkanes) is 10. The van der Waals surface area contributed by atoms with Crippen LogP contribution in [0.2, 0.25) is 0 Å². The van der Waals surface area contributed by atoms with Crippen LogP contribution < -0.4 is 0 Å². The van der Waals surface area contributed by atoms with Gasteiger partial charge in [0.1, 0.15) is 0 Å². The molecule has 0 heterocycles. The third kappa shape index (κ3) is 16.0. The highest BCUT2D eigenvalue weighted by Gasteiger charge is 2.26. The summed E-state index contributed by atoms with van der Waals surface area (Å²) in [6, 6.07) is 0. The molecule has 0 aliphatic carbocycles. The number of rotatable bonds is 18. The second kappa shape index (κ2) is 18.3. The van der Waals surface area contributed by atoms with Crippen LogP contribution in [0.3, 0.4) is 0 Å². The number of ether oxygens (including phenoxy) is 2. The van der Waals surface area contributed by atoms with Crippen molar-refractivity contribution in [3.63, 3.8) is 0 Å². The number of carbonyl (C=O) groups excluding carboxylic acids is 2. The summed E-state index contributed by atoms with van der Waals surface area (Å²) in [5.41, 5.74) is 0.858. The van der Waals surface area contributed by atoms with Crippen molar-refractivity contribution < 1.29 is 19.1 Å². The average Bonchev–Trinajstić information content (AvgIpc) is 2.71. The van der Waals surface area contributed by atoms with Gasteiger partial charge in [-0.15, -0.1) is 0 Å². The molecule has 4 heteroatoms. The minimum absolute atomic E-state index is 0.117. The Bertz CT molecular complexity index is 514. The Balaban J connectivity index is 4.80. The van der Waals surface area contributed by atoms with Gasteiger partial charge in [0.05, 0.1) is 13.2 Å². The normalized spacial score (nSPS) is 12.5. The first-order chi connectivity index (χ1) is 14.8. The molecule has 0 radical (unpaired) electrons. The van der Waals surface area contributed by atoms with Crippen molar-refractivity contribution in [2.75, 3.05) is 13.2 Å². The number of hydrogen-bond acceptors (Lipinski definition) is 4. The lowest BCUT2D eigenvalue weighted by Gasteiger charge is -2.22. The number of esters is 2. The van der Waals surface area contributed by atoms with Gasteiger partial charge in [-0.3, -0.25) is 0 Å². The average molecular weight is 439 g/mol. The van der Waals surface area contributed by atoms with Crippen LogP contribution in [0, 0.1) is 5.41 Å². The van der Waals surface area contributed by atoms with E-state index < -0.39 is 0 Å². The fourth-order valence-electron chi connectivity index (χ4n) is 3.58. The van der Waals surface area contributed by atoms with Gasteiger partial charge in [-0.05, 0) is 31.1 Å². The molecule has 0 spiro atoms. The van der Waals surface area contributed by atoms with Crippen molar-refractivity contribution in [2.24, 2.45) is 5.41 Å². The minimum Gasteiger partial charge on any atom is -0.462 e. The van der Waals surface area contributed by atoms with Crippen molar-refractivity contribution in [3.05, 3.63) is 11.1 Å². The van der Waals surface area contributed by atoms with E-state index in [1.54, 1.807) is 0 Å². The first-order valence-electron chi connectivity index (χ1n) is 12.8. The van der Waals surface area contributed by atoms with Crippen LogP contribution in [-0.4, -0.2) is 25.2 Å². The molecule has 0 saturated carbocycles. The zero-order valence-electron chi connectivity index (χ0n) is 21.4. The number of hydrogen-bond donors (Lipinski definition) is 0. The van der Waals surface area contributed by atoms with Gasteiger partial charge >= 0.3 is 11.9 Å². The molecule has 0 aliphatic rings. The number of carbonyl (C=O) groups is 2. The molecule has 4 nitrogen and oxygen atoms in total. The fraction of sp³-hybridized carbons (Fsp3) is 0.852. The summed E-state index contributed by atoms with van der Waals surface area (Å²) in [5, 5.41) is 0.